The molecule has 0 aliphatic rings. The largest absolute Gasteiger partial charge is 0.491 e. The Kier molecular flexibility index (Phi) is 7.29. The minimum Gasteiger partial charge on any atom is -0.491 e. The van der Waals surface area contributed by atoms with Gasteiger partial charge in [0.05, 0.1) is 24.2 Å². The molecule has 0 saturated heterocycles. The van der Waals surface area contributed by atoms with Crippen LogP contribution < -0.4 is 16.0 Å². The number of carboxylic acid groups (broad SMARTS) is 1. The first-order valence-corrected chi connectivity index (χ1v) is 10.8. The van der Waals surface area contributed by atoms with Crippen LogP contribution >= 0.6 is 0 Å². The lowest BCUT2D eigenvalue weighted by atomic mass is 9.95. The number of hydrogen-bond acceptors (Lipinski definition) is 4. The lowest BCUT2D eigenvalue weighted by Gasteiger charge is -2.35. The summed E-state index contributed by atoms with van der Waals surface area (Å²) >= 11 is 0. The molecule has 0 saturated carbocycles. The van der Waals surface area contributed by atoms with Crippen molar-refractivity contribution in [3.8, 4) is 5.75 Å². The normalized spacial score (nSPS) is 12.2. The molecule has 2 aromatic rings. The van der Waals surface area contributed by atoms with Gasteiger partial charge in [-0.2, -0.15) is 0 Å². The van der Waals surface area contributed by atoms with Gasteiger partial charge in [-0.3, -0.25) is 9.69 Å². The lowest BCUT2D eigenvalue weighted by Crippen LogP contribution is -2.45. The van der Waals surface area contributed by atoms with Crippen molar-refractivity contribution in [1.82, 2.24) is 9.47 Å². The molecule has 0 unspecified atom stereocenters. The summed E-state index contributed by atoms with van der Waals surface area (Å²) < 4.78 is 7.90. The fourth-order valence-corrected chi connectivity index (χ4v) is 3.50. The van der Waals surface area contributed by atoms with Gasteiger partial charge >= 0.3 is 6.09 Å². The van der Waals surface area contributed by atoms with Crippen LogP contribution in [0.3, 0.4) is 0 Å². The smallest absolute Gasteiger partial charge is 0.408 e. The van der Waals surface area contributed by atoms with E-state index in [-0.39, 0.29) is 17.5 Å². The number of ether oxygens (including phenoxy) is 1. The van der Waals surface area contributed by atoms with Crippen molar-refractivity contribution >= 4 is 22.6 Å². The van der Waals surface area contributed by atoms with Crippen molar-refractivity contribution in [1.29, 1.82) is 0 Å². The standard InChI is InChI=1S/C24H37N3O4/c1-8-9-12-31-20-18-13-16(25)10-11-17(18)21(28)26(15-23(2,3)4)19(20)14-27(22(29)30)24(5,6)7/h10-11,13H,8-9,12,14-15,25H2,1-7H3,(H,29,30). The number of fused-ring (bicyclic) bond motifs is 1. The summed E-state index contributed by atoms with van der Waals surface area (Å²) in [7, 11) is 0. The molecule has 7 nitrogen and oxygen atoms in total. The Bertz CT molecular complexity index is 997. The van der Waals surface area contributed by atoms with Crippen molar-refractivity contribution in [3.05, 3.63) is 34.2 Å². The second kappa shape index (κ2) is 9.20. The van der Waals surface area contributed by atoms with Crippen molar-refractivity contribution in [2.24, 2.45) is 5.41 Å². The molecule has 1 aromatic heterocycles. The number of pyridine rings is 1. The van der Waals surface area contributed by atoms with Crippen LogP contribution in [0.1, 0.15) is 67.0 Å². The molecule has 0 aliphatic carbocycles. The van der Waals surface area contributed by atoms with Gasteiger partial charge in [-0.1, -0.05) is 34.1 Å². The predicted octanol–water partition coefficient (Wildman–Crippen LogP) is 5.09. The fraction of sp³-hybridized carbons (Fsp3) is 0.583. The van der Waals surface area contributed by atoms with E-state index in [1.807, 2.05) is 41.5 Å². The van der Waals surface area contributed by atoms with Gasteiger partial charge < -0.3 is 20.1 Å². The van der Waals surface area contributed by atoms with Crippen LogP contribution in [0.4, 0.5) is 10.5 Å². The number of amides is 1. The van der Waals surface area contributed by atoms with Crippen LogP contribution in [0.25, 0.3) is 10.8 Å². The number of nitrogens with two attached hydrogens (primary N) is 1. The molecule has 0 aliphatic heterocycles. The first kappa shape index (κ1) is 24.6. The summed E-state index contributed by atoms with van der Waals surface area (Å²) in [5, 5.41) is 11.0. The van der Waals surface area contributed by atoms with E-state index >= 15 is 0 Å². The molecule has 3 N–H and O–H groups in total. The zero-order valence-electron chi connectivity index (χ0n) is 19.9. The molecule has 0 atom stereocenters. The molecule has 0 spiro atoms. The molecule has 1 amide bonds. The third-order valence-electron chi connectivity index (χ3n) is 5.08. The minimum atomic E-state index is -1.05. The number of aromatic nitrogens is 1. The van der Waals surface area contributed by atoms with E-state index in [0.717, 1.165) is 12.8 Å². The highest BCUT2D eigenvalue weighted by molar-refractivity contribution is 5.91. The highest BCUT2D eigenvalue weighted by atomic mass is 16.5. The number of unbranched alkanes of at least 4 members (excludes halogenated alkanes) is 1. The maximum Gasteiger partial charge on any atom is 0.408 e. The van der Waals surface area contributed by atoms with Crippen LogP contribution in [0.5, 0.6) is 5.75 Å². The van der Waals surface area contributed by atoms with Crippen LogP contribution in [0.15, 0.2) is 23.0 Å². The van der Waals surface area contributed by atoms with Gasteiger partial charge in [0.2, 0.25) is 0 Å². The Labute approximate surface area is 184 Å². The first-order valence-electron chi connectivity index (χ1n) is 10.8. The van der Waals surface area contributed by atoms with Crippen LogP contribution in [0.2, 0.25) is 0 Å². The molecule has 172 valence electrons. The van der Waals surface area contributed by atoms with E-state index in [1.54, 1.807) is 22.8 Å². The van der Waals surface area contributed by atoms with Gasteiger partial charge in [-0.05, 0) is 50.8 Å². The Hall–Kier alpha value is -2.70. The Morgan fingerprint density at radius 1 is 1.16 bits per heavy atom. The van der Waals surface area contributed by atoms with Crippen molar-refractivity contribution in [3.63, 3.8) is 0 Å². The quantitative estimate of drug-likeness (QED) is 0.470. The minimum absolute atomic E-state index is 0.0380. The molecule has 1 heterocycles. The van der Waals surface area contributed by atoms with Gasteiger partial charge in [0.25, 0.3) is 5.56 Å². The maximum atomic E-state index is 13.5. The third-order valence-corrected chi connectivity index (χ3v) is 5.08. The summed E-state index contributed by atoms with van der Waals surface area (Å²) in [5.74, 6) is 0.537. The lowest BCUT2D eigenvalue weighted by molar-refractivity contribution is 0.0924. The number of anilines is 1. The number of rotatable bonds is 7. The molecule has 31 heavy (non-hydrogen) atoms. The van der Waals surface area contributed by atoms with Gasteiger partial charge in [0.15, 0.2) is 0 Å². The van der Waals surface area contributed by atoms with Gasteiger partial charge in [-0.25, -0.2) is 4.79 Å². The molecule has 0 fully saturated rings. The summed E-state index contributed by atoms with van der Waals surface area (Å²) in [6, 6.07) is 5.17. The average Bonchev–Trinajstić information content (AvgIpc) is 2.62. The highest BCUT2D eigenvalue weighted by Gasteiger charge is 2.30. The SMILES string of the molecule is CCCCOc1c(CN(C(=O)O)C(C)(C)C)n(CC(C)(C)C)c(=O)c2ccc(N)cc12. The van der Waals surface area contributed by atoms with Gasteiger partial charge in [-0.15, -0.1) is 0 Å². The Morgan fingerprint density at radius 3 is 2.32 bits per heavy atom. The average molecular weight is 432 g/mol. The van der Waals surface area contributed by atoms with E-state index in [2.05, 4.69) is 6.92 Å². The molecular formula is C24H37N3O4. The fourth-order valence-electron chi connectivity index (χ4n) is 3.50. The van der Waals surface area contributed by atoms with Gasteiger partial charge in [0.1, 0.15) is 5.75 Å². The number of hydrogen-bond donors (Lipinski definition) is 2. The predicted molar refractivity (Wildman–Crippen MR) is 126 cm³/mol. The van der Waals surface area contributed by atoms with E-state index < -0.39 is 11.6 Å². The molecule has 7 heteroatoms. The number of carbonyl (C=O) groups is 1. The highest BCUT2D eigenvalue weighted by Crippen LogP contribution is 2.33. The Balaban J connectivity index is 2.87. The van der Waals surface area contributed by atoms with E-state index in [0.29, 0.717) is 41.1 Å². The molecule has 0 bridgehead atoms. The van der Waals surface area contributed by atoms with Crippen LogP contribution in [-0.2, 0) is 13.1 Å². The summed E-state index contributed by atoms with van der Waals surface area (Å²) in [4.78, 5) is 27.0. The van der Waals surface area contributed by atoms with Crippen LogP contribution in [0, 0.1) is 5.41 Å². The number of nitrogen functional groups attached to an aromatic ring is 1. The van der Waals surface area contributed by atoms with Crippen molar-refractivity contribution in [2.75, 3.05) is 12.3 Å². The second-order valence-corrected chi connectivity index (χ2v) is 10.3. The van der Waals surface area contributed by atoms with E-state index in [1.165, 1.54) is 4.90 Å². The van der Waals surface area contributed by atoms with E-state index in [9.17, 15) is 14.7 Å². The Morgan fingerprint density at radius 2 is 1.81 bits per heavy atom. The monoisotopic (exact) mass is 431 g/mol. The summed E-state index contributed by atoms with van der Waals surface area (Å²) in [6.45, 7) is 14.7. The van der Waals surface area contributed by atoms with Gasteiger partial charge in [0, 0.05) is 23.2 Å². The maximum absolute atomic E-state index is 13.5. The third kappa shape index (κ3) is 5.93. The number of benzene rings is 1. The van der Waals surface area contributed by atoms with Crippen LogP contribution in [-0.4, -0.2) is 32.8 Å². The van der Waals surface area contributed by atoms with Crippen molar-refractivity contribution in [2.45, 2.75) is 79.9 Å². The first-order chi connectivity index (χ1) is 14.3. The molecule has 2 rings (SSSR count). The van der Waals surface area contributed by atoms with Crippen molar-refractivity contribution < 1.29 is 14.6 Å². The van der Waals surface area contributed by atoms with E-state index in [4.69, 9.17) is 10.5 Å². The topological polar surface area (TPSA) is 97.8 Å². The number of nitrogens with zero attached hydrogens (tertiary/aromatic N) is 2. The molecular weight excluding hydrogens is 394 g/mol. The molecule has 1 aromatic carbocycles. The summed E-state index contributed by atoms with van der Waals surface area (Å²) in [6.07, 6.45) is 0.763. The zero-order chi connectivity index (χ0) is 23.6. The molecule has 0 radical (unpaired) electrons. The summed E-state index contributed by atoms with van der Waals surface area (Å²) in [5.41, 5.74) is 6.11. The second-order valence-electron chi connectivity index (χ2n) is 10.3. The zero-order valence-corrected chi connectivity index (χ0v) is 19.9.